The third-order valence-electron chi connectivity index (χ3n) is 1.46. The Morgan fingerprint density at radius 1 is 1.73 bits per heavy atom. The minimum atomic E-state index is 0.398. The Hall–Kier alpha value is -1.67. The Kier molecular flexibility index (Phi) is 1.99. The molecule has 0 unspecified atom stereocenters. The predicted molar refractivity (Wildman–Crippen MR) is 43.0 cm³/mol. The number of rotatable bonds is 1. The van der Waals surface area contributed by atoms with Crippen molar-refractivity contribution >= 4 is 5.71 Å². The number of nitrogens with zero attached hydrogens (tertiary/aromatic N) is 3. The first-order valence-electron chi connectivity index (χ1n) is 3.12. The Morgan fingerprint density at radius 2 is 2.45 bits per heavy atom. The van der Waals surface area contributed by atoms with E-state index in [2.05, 4.69) is 10.0 Å². The van der Waals surface area contributed by atoms with E-state index in [0.717, 1.165) is 0 Å². The predicted octanol–water partition coefficient (Wildman–Crippen LogP) is 2.36. The highest BCUT2D eigenvalue weighted by atomic mass is 15.1. The zero-order valence-electron chi connectivity index (χ0n) is 6.07. The van der Waals surface area contributed by atoms with Gasteiger partial charge in [0.25, 0.3) is 0 Å². The molecule has 0 spiro atoms. The highest BCUT2D eigenvalue weighted by Crippen LogP contribution is 2.16. The first kappa shape index (κ1) is 7.44. The van der Waals surface area contributed by atoms with E-state index in [-0.39, 0.29) is 0 Å². The van der Waals surface area contributed by atoms with Gasteiger partial charge in [-0.15, -0.1) is 0 Å². The fourth-order valence-corrected chi connectivity index (χ4v) is 0.780. The van der Waals surface area contributed by atoms with Gasteiger partial charge in [-0.3, -0.25) is 5.41 Å². The van der Waals surface area contributed by atoms with Crippen LogP contribution in [0.3, 0.4) is 0 Å². The molecule has 11 heavy (non-hydrogen) atoms. The van der Waals surface area contributed by atoms with Crippen molar-refractivity contribution in [2.45, 2.75) is 6.92 Å². The van der Waals surface area contributed by atoms with Crippen molar-refractivity contribution in [1.29, 1.82) is 5.41 Å². The van der Waals surface area contributed by atoms with Gasteiger partial charge in [0.1, 0.15) is 0 Å². The lowest BCUT2D eigenvalue weighted by molar-refractivity contribution is 1.24. The molecule has 1 aliphatic rings. The van der Waals surface area contributed by atoms with Gasteiger partial charge in [-0.05, 0) is 10.6 Å². The molecular formula is C7H7N4+. The molecule has 0 saturated heterocycles. The molecule has 0 saturated carbocycles. The van der Waals surface area contributed by atoms with Crippen LogP contribution in [0.5, 0.6) is 0 Å². The first-order chi connectivity index (χ1) is 5.25. The number of allylic oxidation sites excluding steroid dienone is 3. The summed E-state index contributed by atoms with van der Waals surface area (Å²) in [6.45, 7) is 1.76. The summed E-state index contributed by atoms with van der Waals surface area (Å²) in [5.41, 5.74) is 9.77. The molecule has 4 nitrogen and oxygen atoms in total. The van der Waals surface area contributed by atoms with Crippen LogP contribution >= 0.6 is 0 Å². The molecule has 0 aliphatic heterocycles. The van der Waals surface area contributed by atoms with Crippen molar-refractivity contribution in [3.8, 4) is 0 Å². The van der Waals surface area contributed by atoms with Crippen LogP contribution in [-0.2, 0) is 0 Å². The van der Waals surface area contributed by atoms with Gasteiger partial charge in [-0.2, -0.15) is 0 Å². The second-order valence-electron chi connectivity index (χ2n) is 2.14. The van der Waals surface area contributed by atoms with E-state index in [1.807, 2.05) is 0 Å². The van der Waals surface area contributed by atoms with Gasteiger partial charge in [0, 0.05) is 18.3 Å². The summed E-state index contributed by atoms with van der Waals surface area (Å²) >= 11 is 0. The molecule has 1 N–H and O–H groups in total. The maximum absolute atomic E-state index is 8.13. The standard InChI is InChI=1S/C7H7N4/c1-5-6(8)3-2-4-7(5)10-11-9/h2-4,8H,1H3/q+1. The van der Waals surface area contributed by atoms with Gasteiger partial charge >= 0.3 is 0 Å². The van der Waals surface area contributed by atoms with Crippen molar-refractivity contribution < 1.29 is 0 Å². The number of nitrogens with one attached hydrogen (secondary N) is 1. The maximum Gasteiger partial charge on any atom is 0.168 e. The molecule has 0 fully saturated rings. The van der Waals surface area contributed by atoms with Crippen LogP contribution in [0.4, 0.5) is 0 Å². The molecule has 0 heterocycles. The zero-order chi connectivity index (χ0) is 8.27. The Labute approximate surface area is 64.4 Å². The van der Waals surface area contributed by atoms with Crippen molar-refractivity contribution in [2.24, 2.45) is 5.11 Å². The fraction of sp³-hybridized carbons (Fsp3) is 0.143. The van der Waals surface area contributed by atoms with E-state index in [1.165, 1.54) is 0 Å². The molecule has 1 aliphatic carbocycles. The minimum absolute atomic E-state index is 0.398. The Morgan fingerprint density at radius 3 is 3.09 bits per heavy atom. The minimum Gasteiger partial charge on any atom is -0.275 e. The summed E-state index contributed by atoms with van der Waals surface area (Å²) in [5, 5.41) is 10.8. The van der Waals surface area contributed by atoms with Crippen LogP contribution in [-0.4, -0.2) is 5.71 Å². The van der Waals surface area contributed by atoms with Gasteiger partial charge in [0.05, 0.1) is 17.7 Å². The highest BCUT2D eigenvalue weighted by Gasteiger charge is 2.16. The van der Waals surface area contributed by atoms with Crippen molar-refractivity contribution in [3.05, 3.63) is 40.3 Å². The number of hydrogen-bond acceptors (Lipinski definition) is 2. The number of hydrogen-bond donors (Lipinski definition) is 1. The van der Waals surface area contributed by atoms with Gasteiger partial charge < -0.3 is 0 Å². The van der Waals surface area contributed by atoms with E-state index in [1.54, 1.807) is 25.5 Å². The number of azide groups is 1. The first-order valence-corrected chi connectivity index (χ1v) is 3.12. The quantitative estimate of drug-likeness (QED) is 0.256. The maximum atomic E-state index is 8.13. The van der Waals surface area contributed by atoms with Crippen molar-refractivity contribution in [3.63, 3.8) is 0 Å². The summed E-state index contributed by atoms with van der Waals surface area (Å²) < 4.78 is 0. The molecule has 0 bridgehead atoms. The van der Waals surface area contributed by atoms with Crippen molar-refractivity contribution in [2.75, 3.05) is 0 Å². The van der Waals surface area contributed by atoms with Crippen LogP contribution in [0.15, 0.2) is 28.5 Å². The molecule has 0 radical (unpaired) electrons. The van der Waals surface area contributed by atoms with Crippen LogP contribution in [0.2, 0.25) is 0 Å². The molecule has 0 atom stereocenters. The second-order valence-corrected chi connectivity index (χ2v) is 2.14. The molecule has 0 aromatic heterocycles. The highest BCUT2D eigenvalue weighted by molar-refractivity contribution is 6.07. The molecule has 4 heteroatoms. The average Bonchev–Trinajstić information content (AvgIpc) is 1.99. The Balaban J connectivity index is 3.02. The molecule has 0 aromatic rings. The topological polar surface area (TPSA) is 72.6 Å². The van der Waals surface area contributed by atoms with Crippen LogP contribution in [0.25, 0.3) is 10.4 Å². The van der Waals surface area contributed by atoms with Gasteiger partial charge in [0.2, 0.25) is 0 Å². The van der Waals surface area contributed by atoms with E-state index in [9.17, 15) is 0 Å². The molecule has 0 amide bonds. The zero-order valence-corrected chi connectivity index (χ0v) is 6.07. The van der Waals surface area contributed by atoms with Crippen molar-refractivity contribution in [1.82, 2.24) is 0 Å². The summed E-state index contributed by atoms with van der Waals surface area (Å²) in [7, 11) is 0. The Bertz CT molecular complexity index is 292. The normalized spacial score (nSPS) is 15.9. The molecule has 1 rings (SSSR count). The average molecular weight is 147 g/mol. The lowest BCUT2D eigenvalue weighted by atomic mass is 10.0. The van der Waals surface area contributed by atoms with Crippen LogP contribution < -0.4 is 0 Å². The second kappa shape index (κ2) is 2.94. The smallest absolute Gasteiger partial charge is 0.168 e. The lowest BCUT2D eigenvalue weighted by Crippen LogP contribution is -2.01. The van der Waals surface area contributed by atoms with E-state index in [4.69, 9.17) is 10.9 Å². The SMILES string of the molecule is CC1=C(N=[N+]=[N-])[CH+]C=CC1=N. The van der Waals surface area contributed by atoms with Gasteiger partial charge in [0.15, 0.2) is 11.4 Å². The summed E-state index contributed by atoms with van der Waals surface area (Å²) in [6, 6.07) is 0. The molecular weight excluding hydrogens is 140 g/mol. The monoisotopic (exact) mass is 147 g/mol. The van der Waals surface area contributed by atoms with Gasteiger partial charge in [-0.25, -0.2) is 0 Å². The van der Waals surface area contributed by atoms with E-state index < -0.39 is 0 Å². The lowest BCUT2D eigenvalue weighted by Gasteiger charge is -1.98. The van der Waals surface area contributed by atoms with E-state index >= 15 is 0 Å². The summed E-state index contributed by atoms with van der Waals surface area (Å²) in [4.78, 5) is 2.65. The molecule has 54 valence electrons. The summed E-state index contributed by atoms with van der Waals surface area (Å²) in [5.74, 6) is 0. The van der Waals surface area contributed by atoms with Crippen LogP contribution in [0.1, 0.15) is 6.92 Å². The third kappa shape index (κ3) is 1.42. The van der Waals surface area contributed by atoms with E-state index in [0.29, 0.717) is 17.0 Å². The van der Waals surface area contributed by atoms with Gasteiger partial charge in [-0.1, -0.05) is 0 Å². The molecule has 0 aromatic carbocycles. The fourth-order valence-electron chi connectivity index (χ4n) is 0.780. The largest absolute Gasteiger partial charge is 0.275 e. The third-order valence-corrected chi connectivity index (χ3v) is 1.46. The van der Waals surface area contributed by atoms with Crippen LogP contribution in [0, 0.1) is 11.8 Å². The summed E-state index contributed by atoms with van der Waals surface area (Å²) in [6.07, 6.45) is 5.04.